The zero-order valence-corrected chi connectivity index (χ0v) is 16.2. The van der Waals surface area contributed by atoms with Gasteiger partial charge < -0.3 is 14.2 Å². The third-order valence-electron chi connectivity index (χ3n) is 6.30. The molecule has 0 spiro atoms. The average Bonchev–Trinajstić information content (AvgIpc) is 3.32. The molecule has 2 heterocycles. The number of carbonyl (C=O) groups is 2. The fourth-order valence-electron chi connectivity index (χ4n) is 4.75. The number of Topliss-reactive ketones (excluding diaryl/α,β-unsaturated/α-hetero) is 1. The van der Waals surface area contributed by atoms with Crippen LogP contribution in [-0.2, 0) is 36.0 Å². The summed E-state index contributed by atoms with van der Waals surface area (Å²) in [5.41, 5.74) is 1.18. The maximum absolute atomic E-state index is 14.6. The predicted molar refractivity (Wildman–Crippen MR) is 98.9 cm³/mol. The number of rotatable bonds is 5. The molecule has 1 aromatic rings. The van der Waals surface area contributed by atoms with E-state index < -0.39 is 17.8 Å². The average molecular weight is 390 g/mol. The highest BCUT2D eigenvalue weighted by molar-refractivity contribution is 6.01. The number of hydrogen-bond acceptors (Lipinski definition) is 5. The minimum absolute atomic E-state index is 0.0122. The SMILES string of the molecule is CC1(c2ccc(CCC3CC(=O)C(C4CCCC4)C(=O)O3)cc2F)OCCO1. The third-order valence-corrected chi connectivity index (χ3v) is 6.30. The summed E-state index contributed by atoms with van der Waals surface area (Å²) < 4.78 is 31.2. The fourth-order valence-corrected chi connectivity index (χ4v) is 4.75. The van der Waals surface area contributed by atoms with E-state index in [0.717, 1.165) is 31.2 Å². The first-order chi connectivity index (χ1) is 13.5. The van der Waals surface area contributed by atoms with E-state index in [-0.39, 0.29) is 29.9 Å². The monoisotopic (exact) mass is 390 g/mol. The lowest BCUT2D eigenvalue weighted by molar-refractivity contribution is -0.167. The highest BCUT2D eigenvalue weighted by atomic mass is 19.1. The van der Waals surface area contributed by atoms with Gasteiger partial charge in [0.2, 0.25) is 0 Å². The first kappa shape index (κ1) is 19.5. The number of cyclic esters (lactones) is 1. The van der Waals surface area contributed by atoms with Crippen molar-refractivity contribution >= 4 is 11.8 Å². The van der Waals surface area contributed by atoms with Crippen LogP contribution < -0.4 is 0 Å². The molecule has 4 rings (SSSR count). The number of halogens is 1. The van der Waals surface area contributed by atoms with E-state index in [0.29, 0.717) is 31.6 Å². The Kier molecular flexibility index (Phi) is 5.52. The van der Waals surface area contributed by atoms with Gasteiger partial charge in [-0.3, -0.25) is 9.59 Å². The minimum Gasteiger partial charge on any atom is -0.461 e. The Morgan fingerprint density at radius 1 is 1.14 bits per heavy atom. The van der Waals surface area contributed by atoms with Crippen molar-refractivity contribution in [1.29, 1.82) is 0 Å². The van der Waals surface area contributed by atoms with Gasteiger partial charge in [-0.2, -0.15) is 0 Å². The Hall–Kier alpha value is -1.79. The Balaban J connectivity index is 1.35. The van der Waals surface area contributed by atoms with E-state index in [1.54, 1.807) is 13.0 Å². The molecule has 1 saturated carbocycles. The second kappa shape index (κ2) is 7.91. The molecule has 5 nitrogen and oxygen atoms in total. The van der Waals surface area contributed by atoms with Gasteiger partial charge in [0.05, 0.1) is 13.2 Å². The molecule has 152 valence electrons. The van der Waals surface area contributed by atoms with Gasteiger partial charge in [0.1, 0.15) is 17.8 Å². The van der Waals surface area contributed by atoms with Crippen LogP contribution in [0.3, 0.4) is 0 Å². The Morgan fingerprint density at radius 3 is 2.50 bits per heavy atom. The van der Waals surface area contributed by atoms with Crippen LogP contribution in [0.25, 0.3) is 0 Å². The summed E-state index contributed by atoms with van der Waals surface area (Å²) in [7, 11) is 0. The van der Waals surface area contributed by atoms with Crippen LogP contribution in [0, 0.1) is 17.7 Å². The van der Waals surface area contributed by atoms with E-state index >= 15 is 0 Å². The van der Waals surface area contributed by atoms with Crippen molar-refractivity contribution in [3.8, 4) is 0 Å². The van der Waals surface area contributed by atoms with Crippen molar-refractivity contribution in [3.63, 3.8) is 0 Å². The van der Waals surface area contributed by atoms with Gasteiger partial charge in [-0.25, -0.2) is 4.39 Å². The van der Waals surface area contributed by atoms with E-state index in [1.165, 1.54) is 6.07 Å². The topological polar surface area (TPSA) is 61.8 Å². The standard InChI is InChI=1S/C22H27FO5/c1-22(26-10-11-27-22)17-9-7-14(12-18(17)23)6-8-16-13-19(24)20(21(25)28-16)15-4-2-3-5-15/h7,9,12,15-16,20H,2-6,8,10-11,13H2,1H3. The Labute approximate surface area is 164 Å². The summed E-state index contributed by atoms with van der Waals surface area (Å²) in [5, 5.41) is 0. The number of carbonyl (C=O) groups excluding carboxylic acids is 2. The van der Waals surface area contributed by atoms with E-state index in [9.17, 15) is 14.0 Å². The molecule has 1 aromatic carbocycles. The summed E-state index contributed by atoms with van der Waals surface area (Å²) in [5.74, 6) is -2.17. The van der Waals surface area contributed by atoms with Gasteiger partial charge in [-0.05, 0) is 50.2 Å². The summed E-state index contributed by atoms with van der Waals surface area (Å²) in [6, 6.07) is 4.99. The van der Waals surface area contributed by atoms with Crippen LogP contribution >= 0.6 is 0 Å². The van der Waals surface area contributed by atoms with Crippen molar-refractivity contribution in [2.45, 2.75) is 63.8 Å². The molecule has 0 amide bonds. The number of hydrogen-bond donors (Lipinski definition) is 0. The van der Waals surface area contributed by atoms with Crippen molar-refractivity contribution in [2.24, 2.45) is 11.8 Å². The first-order valence-corrected chi connectivity index (χ1v) is 10.3. The lowest BCUT2D eigenvalue weighted by Crippen LogP contribution is -2.41. The molecule has 0 N–H and O–H groups in total. The lowest BCUT2D eigenvalue weighted by atomic mass is 9.83. The predicted octanol–water partition coefficient (Wildman–Crippen LogP) is 3.67. The normalized spacial score (nSPS) is 27.9. The largest absolute Gasteiger partial charge is 0.461 e. The molecule has 2 atom stereocenters. The number of esters is 1. The van der Waals surface area contributed by atoms with Gasteiger partial charge in [-0.15, -0.1) is 0 Å². The van der Waals surface area contributed by atoms with Gasteiger partial charge >= 0.3 is 5.97 Å². The second-order valence-electron chi connectivity index (χ2n) is 8.25. The van der Waals surface area contributed by atoms with Gasteiger partial charge in [0, 0.05) is 12.0 Å². The van der Waals surface area contributed by atoms with Crippen LogP contribution in [0.15, 0.2) is 18.2 Å². The molecule has 0 radical (unpaired) electrons. The molecule has 3 fully saturated rings. The van der Waals surface area contributed by atoms with Gasteiger partial charge in [0.25, 0.3) is 0 Å². The van der Waals surface area contributed by atoms with Crippen molar-refractivity contribution in [3.05, 3.63) is 35.1 Å². The van der Waals surface area contributed by atoms with Crippen molar-refractivity contribution < 1.29 is 28.2 Å². The Morgan fingerprint density at radius 2 is 1.86 bits per heavy atom. The molecule has 3 aliphatic rings. The zero-order chi connectivity index (χ0) is 19.7. The van der Waals surface area contributed by atoms with Crippen LogP contribution in [0.2, 0.25) is 0 Å². The minimum atomic E-state index is -1.04. The molecule has 0 aromatic heterocycles. The van der Waals surface area contributed by atoms with E-state index in [2.05, 4.69) is 0 Å². The second-order valence-corrected chi connectivity index (χ2v) is 8.25. The molecule has 1 aliphatic carbocycles. The maximum Gasteiger partial charge on any atom is 0.317 e. The molecule has 28 heavy (non-hydrogen) atoms. The highest BCUT2D eigenvalue weighted by Crippen LogP contribution is 2.36. The number of ketones is 1. The molecule has 2 aliphatic heterocycles. The zero-order valence-electron chi connectivity index (χ0n) is 16.2. The van der Waals surface area contributed by atoms with Gasteiger partial charge in [-0.1, -0.05) is 25.0 Å². The van der Waals surface area contributed by atoms with Crippen molar-refractivity contribution in [1.82, 2.24) is 0 Å². The first-order valence-electron chi connectivity index (χ1n) is 10.3. The molecule has 2 unspecified atom stereocenters. The smallest absolute Gasteiger partial charge is 0.317 e. The fraction of sp³-hybridized carbons (Fsp3) is 0.636. The Bertz CT molecular complexity index is 731. The summed E-state index contributed by atoms with van der Waals surface area (Å²) in [4.78, 5) is 24.9. The summed E-state index contributed by atoms with van der Waals surface area (Å²) >= 11 is 0. The molecular formula is C22H27FO5. The van der Waals surface area contributed by atoms with Crippen LogP contribution in [-0.4, -0.2) is 31.1 Å². The lowest BCUT2D eigenvalue weighted by Gasteiger charge is -2.30. The van der Waals surface area contributed by atoms with E-state index in [1.807, 2.05) is 6.07 Å². The third kappa shape index (κ3) is 3.85. The van der Waals surface area contributed by atoms with Crippen LogP contribution in [0.4, 0.5) is 4.39 Å². The highest BCUT2D eigenvalue weighted by Gasteiger charge is 2.42. The molecule has 6 heteroatoms. The molecule has 2 saturated heterocycles. The van der Waals surface area contributed by atoms with E-state index in [4.69, 9.17) is 14.2 Å². The summed E-state index contributed by atoms with van der Waals surface area (Å²) in [6.07, 6.45) is 4.95. The van der Waals surface area contributed by atoms with Crippen molar-refractivity contribution in [2.75, 3.05) is 13.2 Å². The number of ether oxygens (including phenoxy) is 3. The van der Waals surface area contributed by atoms with Crippen LogP contribution in [0.5, 0.6) is 0 Å². The number of aryl methyl sites for hydroxylation is 1. The summed E-state index contributed by atoms with van der Waals surface area (Å²) in [6.45, 7) is 2.60. The molecule has 0 bridgehead atoms. The van der Waals surface area contributed by atoms with Crippen LogP contribution in [0.1, 0.15) is 56.6 Å². The maximum atomic E-state index is 14.6. The number of benzene rings is 1. The van der Waals surface area contributed by atoms with Gasteiger partial charge in [0.15, 0.2) is 11.6 Å². The quantitative estimate of drug-likeness (QED) is 0.567. The molecular weight excluding hydrogens is 363 g/mol.